The number of para-hydroxylation sites is 2. The Morgan fingerprint density at radius 1 is 0.974 bits per heavy atom. The molecule has 4 aromatic rings. The molecule has 0 spiro atoms. The van der Waals surface area contributed by atoms with Crippen molar-refractivity contribution in [1.29, 1.82) is 0 Å². The number of hydrogen-bond donors (Lipinski definition) is 1. The molecular weight excluding hydrogens is 494 g/mol. The van der Waals surface area contributed by atoms with E-state index in [0.717, 1.165) is 29.8 Å². The number of hydrogen-bond acceptors (Lipinski definition) is 4. The number of ether oxygens (including phenoxy) is 2. The number of anilines is 1. The number of nitrogens with one attached hydrogen (secondary N) is 1. The molecule has 196 valence electrons. The molecule has 0 bridgehead atoms. The summed E-state index contributed by atoms with van der Waals surface area (Å²) in [6.45, 7) is 5.59. The Labute approximate surface area is 227 Å². The van der Waals surface area contributed by atoms with Crippen molar-refractivity contribution in [1.82, 2.24) is 9.47 Å². The van der Waals surface area contributed by atoms with Crippen molar-refractivity contribution in [2.75, 3.05) is 18.5 Å². The van der Waals surface area contributed by atoms with Crippen molar-refractivity contribution in [3.63, 3.8) is 0 Å². The SMILES string of the molecule is CCOc1cccc([C@@H]2c3cccn3-c3sc4c(c3CN2C(=O)Nc2ccccc2OCC)CCCC4)c1. The minimum atomic E-state index is -0.288. The molecule has 0 unspecified atom stereocenters. The smallest absolute Gasteiger partial charge is 0.323 e. The molecule has 2 aromatic carbocycles. The maximum Gasteiger partial charge on any atom is 0.323 e. The van der Waals surface area contributed by atoms with Gasteiger partial charge in [-0.25, -0.2) is 4.79 Å². The number of amides is 2. The zero-order valence-corrected chi connectivity index (χ0v) is 22.7. The van der Waals surface area contributed by atoms with E-state index in [9.17, 15) is 4.79 Å². The minimum Gasteiger partial charge on any atom is -0.494 e. The van der Waals surface area contributed by atoms with E-state index >= 15 is 0 Å². The molecular formula is C31H33N3O3S. The molecule has 3 heterocycles. The zero-order valence-electron chi connectivity index (χ0n) is 21.9. The van der Waals surface area contributed by atoms with Crippen LogP contribution in [-0.2, 0) is 19.4 Å². The molecule has 2 amide bonds. The van der Waals surface area contributed by atoms with E-state index in [-0.39, 0.29) is 12.1 Å². The van der Waals surface area contributed by atoms with E-state index in [4.69, 9.17) is 9.47 Å². The first-order valence-corrected chi connectivity index (χ1v) is 14.3. The molecule has 0 radical (unpaired) electrons. The highest BCUT2D eigenvalue weighted by molar-refractivity contribution is 7.15. The number of fused-ring (bicyclic) bond motifs is 5. The lowest BCUT2D eigenvalue weighted by Crippen LogP contribution is -2.38. The van der Waals surface area contributed by atoms with Crippen LogP contribution >= 0.6 is 11.3 Å². The third-order valence-corrected chi connectivity index (χ3v) is 8.69. The Morgan fingerprint density at radius 2 is 1.82 bits per heavy atom. The molecule has 0 saturated heterocycles. The molecule has 6 nitrogen and oxygen atoms in total. The van der Waals surface area contributed by atoms with E-state index in [2.05, 4.69) is 40.3 Å². The monoisotopic (exact) mass is 527 g/mol. The van der Waals surface area contributed by atoms with E-state index in [0.29, 0.717) is 31.2 Å². The molecule has 1 atom stereocenters. The second-order valence-electron chi connectivity index (χ2n) is 9.69. The first-order valence-electron chi connectivity index (χ1n) is 13.5. The number of aromatic nitrogens is 1. The van der Waals surface area contributed by atoms with Gasteiger partial charge in [0.1, 0.15) is 16.5 Å². The zero-order chi connectivity index (χ0) is 26.1. The van der Waals surface area contributed by atoms with Gasteiger partial charge >= 0.3 is 6.03 Å². The van der Waals surface area contributed by atoms with Crippen molar-refractivity contribution < 1.29 is 14.3 Å². The molecule has 6 rings (SSSR count). The van der Waals surface area contributed by atoms with Crippen molar-refractivity contribution >= 4 is 23.1 Å². The molecule has 2 aromatic heterocycles. The van der Waals surface area contributed by atoms with Crippen LogP contribution in [0.1, 0.15) is 60.0 Å². The molecule has 1 aliphatic carbocycles. The Balaban J connectivity index is 1.48. The van der Waals surface area contributed by atoms with E-state index in [1.807, 2.05) is 66.5 Å². The van der Waals surface area contributed by atoms with Crippen molar-refractivity contribution in [2.45, 2.75) is 52.1 Å². The number of urea groups is 1. The van der Waals surface area contributed by atoms with Crippen LogP contribution in [-0.4, -0.2) is 28.7 Å². The number of carbonyl (C=O) groups excluding carboxylic acids is 1. The average molecular weight is 528 g/mol. The summed E-state index contributed by atoms with van der Waals surface area (Å²) in [5, 5.41) is 4.43. The van der Waals surface area contributed by atoms with E-state index in [1.54, 1.807) is 0 Å². The van der Waals surface area contributed by atoms with Gasteiger partial charge in [0.25, 0.3) is 0 Å². The van der Waals surface area contributed by atoms with Gasteiger partial charge in [-0.3, -0.25) is 0 Å². The minimum absolute atomic E-state index is 0.152. The normalized spacial score (nSPS) is 16.2. The highest BCUT2D eigenvalue weighted by Crippen LogP contribution is 2.44. The van der Waals surface area contributed by atoms with Crippen LogP contribution in [0.4, 0.5) is 10.5 Å². The van der Waals surface area contributed by atoms with Crippen LogP contribution in [0, 0.1) is 0 Å². The fourth-order valence-corrected chi connectivity index (χ4v) is 7.12. The fourth-order valence-electron chi connectivity index (χ4n) is 5.72. The first kappa shape index (κ1) is 24.6. The van der Waals surface area contributed by atoms with Gasteiger partial charge in [-0.05, 0) is 87.1 Å². The van der Waals surface area contributed by atoms with E-state index in [1.165, 1.54) is 33.8 Å². The maximum absolute atomic E-state index is 14.2. The van der Waals surface area contributed by atoms with Crippen LogP contribution in [0.25, 0.3) is 5.00 Å². The van der Waals surface area contributed by atoms with Gasteiger partial charge < -0.3 is 24.3 Å². The van der Waals surface area contributed by atoms with E-state index < -0.39 is 0 Å². The lowest BCUT2D eigenvalue weighted by atomic mass is 9.95. The molecule has 1 aliphatic heterocycles. The van der Waals surface area contributed by atoms with Crippen molar-refractivity contribution in [3.8, 4) is 16.5 Å². The lowest BCUT2D eigenvalue weighted by Gasteiger charge is -2.32. The summed E-state index contributed by atoms with van der Waals surface area (Å²) >= 11 is 1.89. The second-order valence-corrected chi connectivity index (χ2v) is 10.8. The predicted molar refractivity (Wildman–Crippen MR) is 152 cm³/mol. The standard InChI is InChI=1S/C31H33N3O3S/c1-3-36-22-12-9-11-21(19-22)29-26-15-10-18-33(26)30-24(23-13-5-8-17-28(23)38-30)20-34(29)31(35)32-25-14-6-7-16-27(25)37-4-2/h6-7,9-12,14-16,18-19,29H,3-5,8,13,17,20H2,1-2H3,(H,32,35)/t29-/m1/s1. The Hall–Kier alpha value is -3.71. The number of thiophene rings is 1. The van der Waals surface area contributed by atoms with Gasteiger partial charge in [0, 0.05) is 16.6 Å². The quantitative estimate of drug-likeness (QED) is 0.285. The second kappa shape index (κ2) is 10.6. The van der Waals surface area contributed by atoms with Crippen LogP contribution < -0.4 is 14.8 Å². The predicted octanol–water partition coefficient (Wildman–Crippen LogP) is 7.35. The summed E-state index contributed by atoms with van der Waals surface area (Å²) in [7, 11) is 0. The maximum atomic E-state index is 14.2. The van der Waals surface area contributed by atoms with Gasteiger partial charge in [0.2, 0.25) is 0 Å². The summed E-state index contributed by atoms with van der Waals surface area (Å²) in [5.74, 6) is 1.48. The van der Waals surface area contributed by atoms with Gasteiger partial charge in [0.15, 0.2) is 0 Å². The number of benzene rings is 2. The van der Waals surface area contributed by atoms with Gasteiger partial charge in [-0.15, -0.1) is 11.3 Å². The largest absolute Gasteiger partial charge is 0.494 e. The molecule has 7 heteroatoms. The Morgan fingerprint density at radius 3 is 2.68 bits per heavy atom. The number of carbonyl (C=O) groups is 1. The fraction of sp³-hybridized carbons (Fsp3) is 0.323. The highest BCUT2D eigenvalue weighted by Gasteiger charge is 2.36. The van der Waals surface area contributed by atoms with Crippen molar-refractivity contribution in [3.05, 3.63) is 94.1 Å². The summed E-state index contributed by atoms with van der Waals surface area (Å²) in [5.41, 5.74) is 5.48. The summed E-state index contributed by atoms with van der Waals surface area (Å²) in [6.07, 6.45) is 6.77. The third kappa shape index (κ3) is 4.45. The van der Waals surface area contributed by atoms with Crippen LogP contribution in [0.2, 0.25) is 0 Å². The number of aryl methyl sites for hydroxylation is 1. The molecule has 0 saturated carbocycles. The van der Waals surface area contributed by atoms with Gasteiger partial charge in [0.05, 0.1) is 37.2 Å². The van der Waals surface area contributed by atoms with Gasteiger partial charge in [-0.2, -0.15) is 0 Å². The van der Waals surface area contributed by atoms with Crippen LogP contribution in [0.15, 0.2) is 66.9 Å². The van der Waals surface area contributed by atoms with Crippen LogP contribution in [0.3, 0.4) is 0 Å². The molecule has 1 N–H and O–H groups in total. The topological polar surface area (TPSA) is 55.7 Å². The highest BCUT2D eigenvalue weighted by atomic mass is 32.1. The first-order chi connectivity index (χ1) is 18.7. The lowest BCUT2D eigenvalue weighted by molar-refractivity contribution is 0.194. The molecule has 38 heavy (non-hydrogen) atoms. The average Bonchev–Trinajstić information content (AvgIpc) is 3.52. The number of nitrogens with zero attached hydrogens (tertiary/aromatic N) is 2. The summed E-state index contributed by atoms with van der Waals surface area (Å²) in [6, 6.07) is 19.5. The molecule has 2 aliphatic rings. The Kier molecular flexibility index (Phi) is 6.85. The summed E-state index contributed by atoms with van der Waals surface area (Å²) < 4.78 is 14.0. The molecule has 0 fully saturated rings. The Bertz CT molecular complexity index is 1460. The number of rotatable bonds is 6. The third-order valence-electron chi connectivity index (χ3n) is 7.35. The van der Waals surface area contributed by atoms with Crippen molar-refractivity contribution in [2.24, 2.45) is 0 Å². The summed E-state index contributed by atoms with van der Waals surface area (Å²) in [4.78, 5) is 17.7. The van der Waals surface area contributed by atoms with Gasteiger partial charge in [-0.1, -0.05) is 24.3 Å². The van der Waals surface area contributed by atoms with Crippen LogP contribution in [0.5, 0.6) is 11.5 Å².